The molecule has 7 nitrogen and oxygen atoms in total. The fourth-order valence-electron chi connectivity index (χ4n) is 3.64. The van der Waals surface area contributed by atoms with Crippen molar-refractivity contribution in [3.63, 3.8) is 0 Å². The Labute approximate surface area is 159 Å². The van der Waals surface area contributed by atoms with E-state index in [1.165, 1.54) is 0 Å². The maximum absolute atomic E-state index is 12.4. The van der Waals surface area contributed by atoms with E-state index in [1.807, 2.05) is 19.9 Å². The molecule has 0 bridgehead atoms. The molecule has 1 amide bonds. The third-order valence-corrected chi connectivity index (χ3v) is 5.09. The molecule has 1 unspecified atom stereocenters. The number of carbonyl (C=O) groups is 1. The normalized spacial score (nSPS) is 21.1. The van der Waals surface area contributed by atoms with Crippen molar-refractivity contribution < 1.29 is 4.79 Å². The second-order valence-corrected chi connectivity index (χ2v) is 7.72. The van der Waals surface area contributed by atoms with Gasteiger partial charge in [0.2, 0.25) is 5.91 Å². The quantitative estimate of drug-likeness (QED) is 0.854. The van der Waals surface area contributed by atoms with Gasteiger partial charge in [0.25, 0.3) is 0 Å². The van der Waals surface area contributed by atoms with Crippen LogP contribution in [0.3, 0.4) is 0 Å². The maximum atomic E-state index is 12.4. The lowest BCUT2D eigenvalue weighted by atomic mass is 9.94. The van der Waals surface area contributed by atoms with Gasteiger partial charge in [-0.05, 0) is 30.4 Å². The van der Waals surface area contributed by atoms with Gasteiger partial charge < -0.3 is 16.0 Å². The molecule has 0 spiro atoms. The first-order valence-corrected chi connectivity index (χ1v) is 9.35. The second-order valence-electron chi connectivity index (χ2n) is 7.72. The van der Waals surface area contributed by atoms with Gasteiger partial charge in [-0.1, -0.05) is 20.8 Å². The van der Waals surface area contributed by atoms with Gasteiger partial charge in [0.15, 0.2) is 0 Å². The minimum absolute atomic E-state index is 0.0217. The van der Waals surface area contributed by atoms with E-state index >= 15 is 0 Å². The zero-order valence-electron chi connectivity index (χ0n) is 16.0. The molecule has 27 heavy (non-hydrogen) atoms. The number of hydrogen-bond donors (Lipinski definition) is 2. The van der Waals surface area contributed by atoms with Crippen LogP contribution in [-0.4, -0.2) is 41.0 Å². The summed E-state index contributed by atoms with van der Waals surface area (Å²) in [5, 5.41) is 12.4. The lowest BCUT2D eigenvalue weighted by molar-refractivity contribution is -0.124. The third-order valence-electron chi connectivity index (χ3n) is 5.09. The average molecular weight is 366 g/mol. The van der Waals surface area contributed by atoms with Crippen LogP contribution in [0.25, 0.3) is 11.0 Å². The monoisotopic (exact) mass is 366 g/mol. The maximum Gasteiger partial charge on any atom is 0.237 e. The average Bonchev–Trinajstić information content (AvgIpc) is 2.65. The molecule has 2 aromatic rings. The van der Waals surface area contributed by atoms with Crippen molar-refractivity contribution in [1.29, 1.82) is 5.26 Å². The smallest absolute Gasteiger partial charge is 0.237 e. The van der Waals surface area contributed by atoms with E-state index in [4.69, 9.17) is 5.73 Å². The Morgan fingerprint density at radius 2 is 2.00 bits per heavy atom. The van der Waals surface area contributed by atoms with Crippen LogP contribution in [0.1, 0.15) is 32.8 Å². The molecule has 1 aromatic heterocycles. The van der Waals surface area contributed by atoms with Crippen LogP contribution in [0.2, 0.25) is 0 Å². The first-order valence-electron chi connectivity index (χ1n) is 9.35. The molecule has 3 N–H and O–H groups in total. The van der Waals surface area contributed by atoms with Crippen LogP contribution in [0, 0.1) is 23.2 Å². The van der Waals surface area contributed by atoms with Crippen LogP contribution in [0.15, 0.2) is 24.5 Å². The summed E-state index contributed by atoms with van der Waals surface area (Å²) in [4.78, 5) is 23.4. The minimum atomic E-state index is -0.503. The van der Waals surface area contributed by atoms with Crippen LogP contribution < -0.4 is 16.0 Å². The first kappa shape index (κ1) is 19.1. The minimum Gasteiger partial charge on any atom is -0.367 e. The molecule has 1 aliphatic rings. The Kier molecular flexibility index (Phi) is 5.57. The fourth-order valence-corrected chi connectivity index (χ4v) is 3.64. The van der Waals surface area contributed by atoms with Crippen LogP contribution in [0.5, 0.6) is 0 Å². The summed E-state index contributed by atoms with van der Waals surface area (Å²) < 4.78 is 0. The SMILES string of the molecule is CC(C)C(N)C(=O)N[C@@H]1C[C@H](C)CN(c2ccc(C#N)c3nccnc23)C1. The highest BCUT2D eigenvalue weighted by Gasteiger charge is 2.29. The van der Waals surface area contributed by atoms with Gasteiger partial charge in [-0.25, -0.2) is 0 Å². The first-order chi connectivity index (χ1) is 12.9. The largest absolute Gasteiger partial charge is 0.367 e. The molecule has 3 rings (SSSR count). The molecule has 0 radical (unpaired) electrons. The zero-order valence-corrected chi connectivity index (χ0v) is 16.0. The van der Waals surface area contributed by atoms with E-state index < -0.39 is 6.04 Å². The summed E-state index contributed by atoms with van der Waals surface area (Å²) in [7, 11) is 0. The molecule has 3 atom stereocenters. The second kappa shape index (κ2) is 7.89. The van der Waals surface area contributed by atoms with Gasteiger partial charge in [-0.15, -0.1) is 0 Å². The summed E-state index contributed by atoms with van der Waals surface area (Å²) in [6.45, 7) is 7.60. The summed E-state index contributed by atoms with van der Waals surface area (Å²) in [6, 6.07) is 5.40. The van der Waals surface area contributed by atoms with Crippen molar-refractivity contribution in [1.82, 2.24) is 15.3 Å². The van der Waals surface area contributed by atoms with E-state index in [0.717, 1.165) is 24.2 Å². The molecule has 0 aliphatic carbocycles. The molecule has 1 saturated heterocycles. The van der Waals surface area contributed by atoms with Crippen molar-refractivity contribution in [3.05, 3.63) is 30.1 Å². The number of hydrogen-bond acceptors (Lipinski definition) is 6. The van der Waals surface area contributed by atoms with E-state index in [2.05, 4.69) is 33.2 Å². The summed E-state index contributed by atoms with van der Waals surface area (Å²) in [6.07, 6.45) is 4.15. The topological polar surface area (TPSA) is 108 Å². The van der Waals surface area contributed by atoms with Gasteiger partial charge in [-0.3, -0.25) is 14.8 Å². The Morgan fingerprint density at radius 1 is 1.30 bits per heavy atom. The molecule has 142 valence electrons. The molecule has 0 saturated carbocycles. The number of aromatic nitrogens is 2. The standard InChI is InChI=1S/C20H26N6O/c1-12(2)17(22)20(27)25-15-8-13(3)10-26(11-15)16-5-4-14(9-21)18-19(16)24-7-6-23-18/h4-7,12-13,15,17H,8,10-11,22H2,1-3H3,(H,25,27)/t13-,15+,17?/m0/s1. The Hall–Kier alpha value is -2.72. The number of piperidine rings is 1. The highest BCUT2D eigenvalue weighted by atomic mass is 16.2. The summed E-state index contributed by atoms with van der Waals surface area (Å²) in [5.41, 5.74) is 8.77. The molecule has 1 aliphatic heterocycles. The zero-order chi connectivity index (χ0) is 19.6. The molecule has 1 fully saturated rings. The number of fused-ring (bicyclic) bond motifs is 1. The number of nitrogens with two attached hydrogens (primary N) is 1. The number of nitrogens with zero attached hydrogens (tertiary/aromatic N) is 4. The van der Waals surface area contributed by atoms with E-state index in [9.17, 15) is 10.1 Å². The molecular weight excluding hydrogens is 340 g/mol. The number of benzene rings is 1. The Bertz CT molecular complexity index is 874. The predicted octanol–water partition coefficient (Wildman–Crippen LogP) is 1.82. The Morgan fingerprint density at radius 3 is 2.67 bits per heavy atom. The van der Waals surface area contributed by atoms with Crippen molar-refractivity contribution in [3.8, 4) is 6.07 Å². The number of anilines is 1. The number of carbonyl (C=O) groups excluding carboxylic acids is 1. The molecule has 7 heteroatoms. The molecule has 2 heterocycles. The number of amides is 1. The van der Waals surface area contributed by atoms with E-state index in [0.29, 0.717) is 23.5 Å². The highest BCUT2D eigenvalue weighted by Crippen LogP contribution is 2.30. The van der Waals surface area contributed by atoms with Crippen molar-refractivity contribution in [2.45, 2.75) is 39.3 Å². The van der Waals surface area contributed by atoms with E-state index in [1.54, 1.807) is 18.5 Å². The molecular formula is C20H26N6O. The summed E-state index contributed by atoms with van der Waals surface area (Å²) in [5.74, 6) is 0.398. The van der Waals surface area contributed by atoms with E-state index in [-0.39, 0.29) is 17.9 Å². The van der Waals surface area contributed by atoms with Crippen LogP contribution in [0.4, 0.5) is 5.69 Å². The predicted molar refractivity (Wildman–Crippen MR) is 105 cm³/mol. The third kappa shape index (κ3) is 4.01. The van der Waals surface area contributed by atoms with Gasteiger partial charge in [0.1, 0.15) is 17.1 Å². The van der Waals surface area contributed by atoms with Crippen molar-refractivity contribution in [2.75, 3.05) is 18.0 Å². The highest BCUT2D eigenvalue weighted by molar-refractivity contribution is 5.92. The number of nitriles is 1. The van der Waals surface area contributed by atoms with Crippen LogP contribution >= 0.6 is 0 Å². The Balaban J connectivity index is 1.86. The lowest BCUT2D eigenvalue weighted by Crippen LogP contribution is -2.54. The number of rotatable bonds is 4. The lowest BCUT2D eigenvalue weighted by Gasteiger charge is -2.39. The van der Waals surface area contributed by atoms with Crippen LogP contribution in [-0.2, 0) is 4.79 Å². The van der Waals surface area contributed by atoms with Gasteiger partial charge in [0.05, 0.1) is 17.3 Å². The van der Waals surface area contributed by atoms with Crippen molar-refractivity contribution in [2.24, 2.45) is 17.6 Å². The number of nitrogens with one attached hydrogen (secondary N) is 1. The molecule has 1 aromatic carbocycles. The van der Waals surface area contributed by atoms with Gasteiger partial charge in [0, 0.05) is 31.5 Å². The van der Waals surface area contributed by atoms with Crippen molar-refractivity contribution >= 4 is 22.6 Å². The summed E-state index contributed by atoms with van der Waals surface area (Å²) >= 11 is 0. The van der Waals surface area contributed by atoms with Gasteiger partial charge in [-0.2, -0.15) is 5.26 Å². The van der Waals surface area contributed by atoms with Gasteiger partial charge >= 0.3 is 0 Å². The fraction of sp³-hybridized carbons (Fsp3) is 0.500.